The molecule has 2 rings (SSSR count). The van der Waals surface area contributed by atoms with Gasteiger partial charge in [-0.25, -0.2) is 13.2 Å². The van der Waals surface area contributed by atoms with E-state index in [1.165, 1.54) is 22.5 Å². The van der Waals surface area contributed by atoms with Gasteiger partial charge in [-0.1, -0.05) is 12.1 Å². The van der Waals surface area contributed by atoms with Crippen LogP contribution < -0.4 is 4.31 Å². The van der Waals surface area contributed by atoms with Crippen molar-refractivity contribution < 1.29 is 18.3 Å². The van der Waals surface area contributed by atoms with Crippen molar-refractivity contribution in [3.63, 3.8) is 0 Å². The average molecular weight is 267 g/mol. The topological polar surface area (TPSA) is 74.7 Å². The largest absolute Gasteiger partial charge is 0.478 e. The van der Waals surface area contributed by atoms with E-state index in [1.54, 1.807) is 6.07 Å². The molecule has 0 saturated heterocycles. The van der Waals surface area contributed by atoms with Crippen LogP contribution in [0.25, 0.3) is 0 Å². The van der Waals surface area contributed by atoms with Crippen LogP contribution in [-0.2, 0) is 16.4 Å². The lowest BCUT2D eigenvalue weighted by Crippen LogP contribution is -2.30. The van der Waals surface area contributed by atoms with Crippen LogP contribution in [0.4, 0.5) is 5.69 Å². The molecule has 1 heterocycles. The highest BCUT2D eigenvalue weighted by Crippen LogP contribution is 2.31. The normalized spacial score (nSPS) is 14.3. The summed E-state index contributed by atoms with van der Waals surface area (Å²) in [6, 6.07) is 4.57. The molecule has 1 aromatic rings. The number of fused-ring (bicyclic) bond motifs is 1. The van der Waals surface area contributed by atoms with Crippen LogP contribution in [-0.4, -0.2) is 31.8 Å². The lowest BCUT2D eigenvalue weighted by Gasteiger charge is -2.18. The molecule has 0 aliphatic carbocycles. The van der Waals surface area contributed by atoms with E-state index in [2.05, 4.69) is 6.58 Å². The van der Waals surface area contributed by atoms with Gasteiger partial charge in [0.1, 0.15) is 0 Å². The third-order valence-corrected chi connectivity index (χ3v) is 4.56. The Morgan fingerprint density at radius 2 is 2.22 bits per heavy atom. The van der Waals surface area contributed by atoms with Crippen molar-refractivity contribution in [3.05, 3.63) is 42.0 Å². The fourth-order valence-electron chi connectivity index (χ4n) is 2.01. The van der Waals surface area contributed by atoms with Gasteiger partial charge in [0.15, 0.2) is 0 Å². The maximum atomic E-state index is 12.0. The van der Waals surface area contributed by atoms with Crippen LogP contribution in [0.1, 0.15) is 15.9 Å². The van der Waals surface area contributed by atoms with Crippen LogP contribution in [0, 0.1) is 0 Å². The molecule has 1 aromatic carbocycles. The van der Waals surface area contributed by atoms with Crippen molar-refractivity contribution in [3.8, 4) is 0 Å². The molecule has 0 bridgehead atoms. The Labute approximate surface area is 105 Å². The number of hydrogen-bond acceptors (Lipinski definition) is 3. The molecule has 1 aliphatic heterocycles. The number of aromatic carboxylic acids is 1. The van der Waals surface area contributed by atoms with Crippen LogP contribution in [0.15, 0.2) is 30.9 Å². The van der Waals surface area contributed by atoms with E-state index in [1.807, 2.05) is 0 Å². The monoisotopic (exact) mass is 267 g/mol. The van der Waals surface area contributed by atoms with Gasteiger partial charge in [0.05, 0.1) is 17.0 Å². The molecular formula is C12H13NO4S. The quantitative estimate of drug-likeness (QED) is 0.833. The van der Waals surface area contributed by atoms with Gasteiger partial charge in [0.2, 0.25) is 10.0 Å². The molecule has 5 nitrogen and oxygen atoms in total. The van der Waals surface area contributed by atoms with Gasteiger partial charge in [0, 0.05) is 6.54 Å². The molecule has 0 saturated carbocycles. The summed E-state index contributed by atoms with van der Waals surface area (Å²) >= 11 is 0. The maximum absolute atomic E-state index is 12.0. The first-order valence-corrected chi connectivity index (χ1v) is 7.04. The summed E-state index contributed by atoms with van der Waals surface area (Å²) in [6.07, 6.45) is 1.93. The smallest absolute Gasteiger partial charge is 0.335 e. The lowest BCUT2D eigenvalue weighted by atomic mass is 10.1. The minimum atomic E-state index is -3.44. The predicted octanol–water partition coefficient (Wildman–Crippen LogP) is 1.26. The summed E-state index contributed by atoms with van der Waals surface area (Å²) < 4.78 is 25.2. The zero-order chi connectivity index (χ0) is 13.3. The van der Waals surface area contributed by atoms with Crippen LogP contribution in [0.3, 0.4) is 0 Å². The molecule has 18 heavy (non-hydrogen) atoms. The lowest BCUT2D eigenvalue weighted by molar-refractivity contribution is 0.0697. The third-order valence-electron chi connectivity index (χ3n) is 2.85. The first-order chi connectivity index (χ1) is 8.45. The maximum Gasteiger partial charge on any atom is 0.335 e. The van der Waals surface area contributed by atoms with Crippen molar-refractivity contribution in [2.24, 2.45) is 0 Å². The molecular weight excluding hydrogens is 254 g/mol. The Bertz CT molecular complexity index is 607. The van der Waals surface area contributed by atoms with Crippen LogP contribution in [0.2, 0.25) is 0 Å². The molecule has 0 radical (unpaired) electrons. The number of carboxylic acids is 1. The fourth-order valence-corrected chi connectivity index (χ4v) is 3.33. The molecule has 0 aromatic heterocycles. The van der Waals surface area contributed by atoms with Gasteiger partial charge in [-0.05, 0) is 24.1 Å². The van der Waals surface area contributed by atoms with Crippen molar-refractivity contribution >= 4 is 21.7 Å². The van der Waals surface area contributed by atoms with Gasteiger partial charge < -0.3 is 5.11 Å². The van der Waals surface area contributed by atoms with E-state index in [0.717, 1.165) is 5.56 Å². The van der Waals surface area contributed by atoms with E-state index in [9.17, 15) is 13.2 Å². The molecule has 0 spiro atoms. The van der Waals surface area contributed by atoms with E-state index in [-0.39, 0.29) is 11.3 Å². The number of benzene rings is 1. The Morgan fingerprint density at radius 1 is 1.50 bits per heavy atom. The highest BCUT2D eigenvalue weighted by Gasteiger charge is 2.29. The predicted molar refractivity (Wildman–Crippen MR) is 68.4 cm³/mol. The van der Waals surface area contributed by atoms with E-state index < -0.39 is 16.0 Å². The van der Waals surface area contributed by atoms with Crippen LogP contribution >= 0.6 is 0 Å². The standard InChI is InChI=1S/C12H13NO4S/c1-2-7-18(16,17)13-6-5-9-3-4-10(12(14)15)8-11(9)13/h2-4,8H,1,5-7H2,(H,14,15). The molecule has 1 N–H and O–H groups in total. The van der Waals surface area contributed by atoms with Crippen LogP contribution in [0.5, 0.6) is 0 Å². The van der Waals surface area contributed by atoms with Crippen molar-refractivity contribution in [2.45, 2.75) is 6.42 Å². The van der Waals surface area contributed by atoms with Crippen molar-refractivity contribution in [2.75, 3.05) is 16.6 Å². The summed E-state index contributed by atoms with van der Waals surface area (Å²) in [5.41, 5.74) is 1.42. The molecule has 0 fully saturated rings. The Hall–Kier alpha value is -1.82. The summed E-state index contributed by atoms with van der Waals surface area (Å²) in [4.78, 5) is 10.9. The van der Waals surface area contributed by atoms with Gasteiger partial charge in [-0.15, -0.1) is 6.58 Å². The highest BCUT2D eigenvalue weighted by molar-refractivity contribution is 7.92. The molecule has 0 amide bonds. The number of rotatable bonds is 4. The summed E-state index contributed by atoms with van der Waals surface area (Å²) in [6.45, 7) is 3.77. The van der Waals surface area contributed by atoms with Crippen molar-refractivity contribution in [1.82, 2.24) is 0 Å². The number of carboxylic acid groups (broad SMARTS) is 1. The Balaban J connectivity index is 2.46. The molecule has 6 heteroatoms. The van der Waals surface area contributed by atoms with Gasteiger partial charge in [0.25, 0.3) is 0 Å². The Morgan fingerprint density at radius 3 is 2.83 bits per heavy atom. The fraction of sp³-hybridized carbons (Fsp3) is 0.250. The number of anilines is 1. The second kappa shape index (κ2) is 4.45. The molecule has 96 valence electrons. The molecule has 0 atom stereocenters. The SMILES string of the molecule is C=CCS(=O)(=O)N1CCc2ccc(C(=O)O)cc21. The third kappa shape index (κ3) is 2.11. The second-order valence-corrected chi connectivity index (χ2v) is 5.98. The zero-order valence-electron chi connectivity index (χ0n) is 9.67. The Kier molecular flexibility index (Phi) is 3.13. The number of carbonyl (C=O) groups is 1. The minimum absolute atomic E-state index is 0.0921. The first kappa shape index (κ1) is 12.6. The van der Waals surface area contributed by atoms with E-state index >= 15 is 0 Å². The van der Waals surface area contributed by atoms with Gasteiger partial charge >= 0.3 is 5.97 Å². The van der Waals surface area contributed by atoms with E-state index in [4.69, 9.17) is 5.11 Å². The van der Waals surface area contributed by atoms with Crippen molar-refractivity contribution in [1.29, 1.82) is 0 Å². The number of sulfonamides is 1. The first-order valence-electron chi connectivity index (χ1n) is 5.43. The highest BCUT2D eigenvalue weighted by atomic mass is 32.2. The minimum Gasteiger partial charge on any atom is -0.478 e. The molecule has 0 unspecified atom stereocenters. The zero-order valence-corrected chi connectivity index (χ0v) is 10.5. The summed E-state index contributed by atoms with van der Waals surface area (Å²) in [5, 5.41) is 8.92. The molecule has 1 aliphatic rings. The number of nitrogens with zero attached hydrogens (tertiary/aromatic N) is 1. The van der Waals surface area contributed by atoms with E-state index in [0.29, 0.717) is 18.7 Å². The summed E-state index contributed by atoms with van der Waals surface area (Å²) in [7, 11) is -3.44. The average Bonchev–Trinajstić information content (AvgIpc) is 2.71. The number of hydrogen-bond donors (Lipinski definition) is 1. The summed E-state index contributed by atoms with van der Waals surface area (Å²) in [5.74, 6) is -1.21. The van der Waals surface area contributed by atoms with Gasteiger partial charge in [-0.3, -0.25) is 4.31 Å². The second-order valence-electron chi connectivity index (χ2n) is 4.04. The van der Waals surface area contributed by atoms with Gasteiger partial charge in [-0.2, -0.15) is 0 Å².